The molecule has 0 bridgehead atoms. The smallest absolute Gasteiger partial charge is 0.119 e. The fraction of sp³-hybridized carbons (Fsp3) is 0.667. The molecule has 2 nitrogen and oxygen atoms in total. The molecule has 0 radical (unpaired) electrons. The number of hydrogen-bond acceptors (Lipinski definition) is 2. The third-order valence-corrected chi connectivity index (χ3v) is 6.17. The Balaban J connectivity index is 1.69. The minimum absolute atomic E-state index is 0.598. The second-order valence-electron chi connectivity index (χ2n) is 7.17. The van der Waals surface area contributed by atoms with Gasteiger partial charge in [-0.3, -0.25) is 4.90 Å². The number of piperidine rings is 1. The number of nitrogens with zero attached hydrogens (tertiary/aromatic N) is 1. The normalized spacial score (nSPS) is 36.1. The van der Waals surface area contributed by atoms with Gasteiger partial charge in [0.1, 0.15) is 5.75 Å². The van der Waals surface area contributed by atoms with E-state index in [1.165, 1.54) is 50.6 Å². The summed E-state index contributed by atoms with van der Waals surface area (Å²) in [6.45, 7) is 3.77. The summed E-state index contributed by atoms with van der Waals surface area (Å²) in [7, 11) is 1.77. The monoisotopic (exact) mass is 271 g/mol. The van der Waals surface area contributed by atoms with Gasteiger partial charge in [0, 0.05) is 18.6 Å². The molecular weight excluding hydrogens is 246 g/mol. The van der Waals surface area contributed by atoms with E-state index in [-0.39, 0.29) is 0 Å². The van der Waals surface area contributed by atoms with Crippen LogP contribution in [0.4, 0.5) is 0 Å². The number of benzene rings is 1. The first-order valence-corrected chi connectivity index (χ1v) is 8.14. The Bertz CT molecular complexity index is 526. The lowest BCUT2D eigenvalue weighted by Crippen LogP contribution is -2.51. The summed E-state index contributed by atoms with van der Waals surface area (Å²) < 4.78 is 5.39. The molecule has 1 saturated heterocycles. The molecule has 3 atom stereocenters. The van der Waals surface area contributed by atoms with Gasteiger partial charge in [0.15, 0.2) is 0 Å². The van der Waals surface area contributed by atoms with Crippen molar-refractivity contribution in [3.8, 4) is 5.75 Å². The largest absolute Gasteiger partial charge is 0.497 e. The minimum atomic E-state index is 0.598. The van der Waals surface area contributed by atoms with E-state index in [0.29, 0.717) is 11.5 Å². The molecular formula is C18H25NO. The summed E-state index contributed by atoms with van der Waals surface area (Å²) >= 11 is 0. The molecule has 108 valence electrons. The molecule has 1 saturated carbocycles. The average Bonchev–Trinajstić information content (AvgIpc) is 2.88. The first-order chi connectivity index (χ1) is 9.71. The standard InChI is InChI=1S/C18H25NO/c1-18-9-3-4-17(18)19-11-8-13-12-14(20-2)5-6-15(13)16(19)7-10-18/h5-6,12,16-17H,3-4,7-11H2,1-2H3. The van der Waals surface area contributed by atoms with Gasteiger partial charge in [-0.25, -0.2) is 0 Å². The van der Waals surface area contributed by atoms with Gasteiger partial charge < -0.3 is 4.74 Å². The Labute approximate surface area is 122 Å². The molecule has 1 aliphatic carbocycles. The summed E-state index contributed by atoms with van der Waals surface area (Å²) in [4.78, 5) is 2.84. The van der Waals surface area contributed by atoms with Crippen LogP contribution >= 0.6 is 0 Å². The van der Waals surface area contributed by atoms with Crippen LogP contribution in [0, 0.1) is 5.41 Å². The van der Waals surface area contributed by atoms with E-state index in [1.807, 2.05) is 0 Å². The number of fused-ring (bicyclic) bond motifs is 5. The predicted molar refractivity (Wildman–Crippen MR) is 81.1 cm³/mol. The Morgan fingerprint density at radius 1 is 1.25 bits per heavy atom. The van der Waals surface area contributed by atoms with E-state index in [4.69, 9.17) is 4.74 Å². The van der Waals surface area contributed by atoms with Crippen LogP contribution in [0.1, 0.15) is 56.2 Å². The predicted octanol–water partition coefficient (Wildman–Crippen LogP) is 3.95. The fourth-order valence-corrected chi connectivity index (χ4v) is 5.07. The highest BCUT2D eigenvalue weighted by Crippen LogP contribution is 2.53. The topological polar surface area (TPSA) is 12.5 Å². The van der Waals surface area contributed by atoms with Gasteiger partial charge in [0.2, 0.25) is 0 Å². The zero-order valence-electron chi connectivity index (χ0n) is 12.7. The third kappa shape index (κ3) is 1.74. The van der Waals surface area contributed by atoms with Crippen LogP contribution in [-0.2, 0) is 6.42 Å². The van der Waals surface area contributed by atoms with Crippen molar-refractivity contribution in [3.05, 3.63) is 29.3 Å². The molecule has 2 fully saturated rings. The SMILES string of the molecule is COc1ccc2c(c1)CCN1C2CCC2(C)CCCC12. The molecule has 2 aliphatic heterocycles. The number of rotatable bonds is 1. The van der Waals surface area contributed by atoms with Crippen molar-refractivity contribution >= 4 is 0 Å². The lowest BCUT2D eigenvalue weighted by Gasteiger charge is -2.51. The quantitative estimate of drug-likeness (QED) is 0.767. The van der Waals surface area contributed by atoms with E-state index in [1.54, 1.807) is 12.7 Å². The van der Waals surface area contributed by atoms with Gasteiger partial charge in [-0.15, -0.1) is 0 Å². The molecule has 4 rings (SSSR count). The maximum Gasteiger partial charge on any atom is 0.119 e. The van der Waals surface area contributed by atoms with Crippen LogP contribution in [0.2, 0.25) is 0 Å². The first kappa shape index (κ1) is 12.7. The Morgan fingerprint density at radius 3 is 3.00 bits per heavy atom. The first-order valence-electron chi connectivity index (χ1n) is 8.14. The number of ether oxygens (including phenoxy) is 1. The molecule has 2 heterocycles. The maximum atomic E-state index is 5.39. The maximum absolute atomic E-state index is 5.39. The average molecular weight is 271 g/mol. The van der Waals surface area contributed by atoms with E-state index in [9.17, 15) is 0 Å². The van der Waals surface area contributed by atoms with Crippen LogP contribution in [0.15, 0.2) is 18.2 Å². The van der Waals surface area contributed by atoms with Crippen LogP contribution < -0.4 is 4.74 Å². The second-order valence-corrected chi connectivity index (χ2v) is 7.17. The van der Waals surface area contributed by atoms with E-state index >= 15 is 0 Å². The van der Waals surface area contributed by atoms with Gasteiger partial charge in [-0.2, -0.15) is 0 Å². The van der Waals surface area contributed by atoms with E-state index < -0.39 is 0 Å². The van der Waals surface area contributed by atoms with Crippen molar-refractivity contribution in [2.75, 3.05) is 13.7 Å². The van der Waals surface area contributed by atoms with E-state index in [0.717, 1.165) is 11.8 Å². The lowest BCUT2D eigenvalue weighted by molar-refractivity contribution is -0.00248. The van der Waals surface area contributed by atoms with Crippen LogP contribution in [0.3, 0.4) is 0 Å². The van der Waals surface area contributed by atoms with E-state index in [2.05, 4.69) is 30.0 Å². The summed E-state index contributed by atoms with van der Waals surface area (Å²) in [6, 6.07) is 8.22. The minimum Gasteiger partial charge on any atom is -0.497 e. The zero-order chi connectivity index (χ0) is 13.7. The second kappa shape index (κ2) is 4.49. The highest BCUT2D eigenvalue weighted by Gasteiger charge is 2.48. The summed E-state index contributed by atoms with van der Waals surface area (Å²) in [6.07, 6.45) is 8.22. The molecule has 0 spiro atoms. The summed E-state index contributed by atoms with van der Waals surface area (Å²) in [5, 5.41) is 0. The number of hydrogen-bond donors (Lipinski definition) is 0. The Kier molecular flexibility index (Phi) is 2.85. The van der Waals surface area contributed by atoms with Crippen LogP contribution in [-0.4, -0.2) is 24.6 Å². The third-order valence-electron chi connectivity index (χ3n) is 6.17. The van der Waals surface area contributed by atoms with Crippen molar-refractivity contribution < 1.29 is 4.74 Å². The highest BCUT2D eigenvalue weighted by molar-refractivity contribution is 5.40. The Morgan fingerprint density at radius 2 is 2.15 bits per heavy atom. The molecule has 3 aliphatic rings. The molecule has 0 N–H and O–H groups in total. The van der Waals surface area contributed by atoms with Gasteiger partial charge in [0.05, 0.1) is 7.11 Å². The van der Waals surface area contributed by atoms with Gasteiger partial charge >= 0.3 is 0 Å². The molecule has 1 aromatic rings. The van der Waals surface area contributed by atoms with Crippen molar-refractivity contribution in [3.63, 3.8) is 0 Å². The zero-order valence-corrected chi connectivity index (χ0v) is 12.7. The number of methoxy groups -OCH3 is 1. The summed E-state index contributed by atoms with van der Waals surface area (Å²) in [5.74, 6) is 1.01. The molecule has 0 amide bonds. The molecule has 3 unspecified atom stereocenters. The van der Waals surface area contributed by atoms with Gasteiger partial charge in [0.25, 0.3) is 0 Å². The Hall–Kier alpha value is -1.02. The molecule has 20 heavy (non-hydrogen) atoms. The van der Waals surface area contributed by atoms with Crippen molar-refractivity contribution in [2.45, 2.75) is 57.5 Å². The van der Waals surface area contributed by atoms with Crippen molar-refractivity contribution in [1.29, 1.82) is 0 Å². The lowest BCUT2D eigenvalue weighted by atomic mass is 9.71. The molecule has 0 aromatic heterocycles. The molecule has 1 aromatic carbocycles. The van der Waals surface area contributed by atoms with Crippen molar-refractivity contribution in [1.82, 2.24) is 4.90 Å². The van der Waals surface area contributed by atoms with Gasteiger partial charge in [-0.05, 0) is 60.8 Å². The molecule has 2 heteroatoms. The van der Waals surface area contributed by atoms with Crippen LogP contribution in [0.25, 0.3) is 0 Å². The van der Waals surface area contributed by atoms with Crippen molar-refractivity contribution in [2.24, 2.45) is 5.41 Å². The van der Waals surface area contributed by atoms with Crippen LogP contribution in [0.5, 0.6) is 5.75 Å². The highest BCUT2D eigenvalue weighted by atomic mass is 16.5. The van der Waals surface area contributed by atoms with Gasteiger partial charge in [-0.1, -0.05) is 19.4 Å². The fourth-order valence-electron chi connectivity index (χ4n) is 5.07. The summed E-state index contributed by atoms with van der Waals surface area (Å²) in [5.41, 5.74) is 3.69.